The molecule has 1 amide bonds. The van der Waals surface area contributed by atoms with Gasteiger partial charge in [-0.25, -0.2) is 5.43 Å². The van der Waals surface area contributed by atoms with E-state index in [9.17, 15) is 4.79 Å². The number of hydrazone groups is 1. The van der Waals surface area contributed by atoms with Crippen LogP contribution in [0.5, 0.6) is 11.5 Å². The van der Waals surface area contributed by atoms with Crippen molar-refractivity contribution in [1.82, 2.24) is 5.43 Å². The van der Waals surface area contributed by atoms with Crippen LogP contribution in [0.2, 0.25) is 10.0 Å². The summed E-state index contributed by atoms with van der Waals surface area (Å²) in [7, 11) is 1.55. The normalized spacial score (nSPS) is 10.9. The highest BCUT2D eigenvalue weighted by molar-refractivity contribution is 9.10. The quantitative estimate of drug-likeness (QED) is 0.303. The molecule has 150 valence electrons. The lowest BCUT2D eigenvalue weighted by molar-refractivity contribution is 0.0959. The van der Waals surface area contributed by atoms with E-state index in [1.54, 1.807) is 37.4 Å². The van der Waals surface area contributed by atoms with Crippen LogP contribution in [0.15, 0.2) is 57.4 Å². The minimum Gasteiger partial charge on any atom is -0.493 e. The molecular weight excluding hydrogens is 499 g/mol. The molecule has 0 fully saturated rings. The second kappa shape index (κ2) is 10.1. The van der Waals surface area contributed by atoms with Crippen LogP contribution >= 0.6 is 50.5 Å². The summed E-state index contributed by atoms with van der Waals surface area (Å²) >= 11 is 16.8. The molecule has 0 unspecified atom stereocenters. The van der Waals surface area contributed by atoms with Gasteiger partial charge in [-0.1, -0.05) is 35.3 Å². The zero-order valence-corrected chi connectivity index (χ0v) is 19.0. The predicted octanol–water partition coefficient (Wildman–Crippen LogP) is 6.17. The Bertz CT molecular complexity index is 1040. The number of hydrogen-bond donors (Lipinski definition) is 1. The summed E-state index contributed by atoms with van der Waals surface area (Å²) in [6.45, 7) is 0.296. The number of carbonyl (C=O) groups is 1. The number of nitrogens with zero attached hydrogens (tertiary/aromatic N) is 1. The van der Waals surface area contributed by atoms with Crippen molar-refractivity contribution in [1.29, 1.82) is 0 Å². The number of hydrogen-bond acceptors (Lipinski definition) is 5. The van der Waals surface area contributed by atoms with E-state index >= 15 is 0 Å². The molecule has 3 rings (SSSR count). The molecule has 2 aromatic carbocycles. The molecule has 29 heavy (non-hydrogen) atoms. The van der Waals surface area contributed by atoms with Gasteiger partial charge >= 0.3 is 0 Å². The second-order valence-electron chi connectivity index (χ2n) is 5.74. The van der Waals surface area contributed by atoms with Crippen LogP contribution in [-0.4, -0.2) is 19.2 Å². The maximum Gasteiger partial charge on any atom is 0.281 e. The number of benzene rings is 2. The summed E-state index contributed by atoms with van der Waals surface area (Å²) in [5, 5.41) is 6.79. The van der Waals surface area contributed by atoms with E-state index in [0.29, 0.717) is 33.0 Å². The third kappa shape index (κ3) is 5.73. The Hall–Kier alpha value is -2.06. The van der Waals surface area contributed by atoms with Crippen molar-refractivity contribution in [2.45, 2.75) is 6.61 Å². The van der Waals surface area contributed by atoms with Crippen LogP contribution in [0.4, 0.5) is 0 Å². The summed E-state index contributed by atoms with van der Waals surface area (Å²) in [5.41, 5.74) is 4.09. The standard InChI is InChI=1S/C20H15BrCl2N2O3S/c1-27-17-8-13(10-24-25-20(26)19-3-2-6-29-19)14(21)9-18(17)28-11-12-4-5-15(22)16(23)7-12/h2-10H,11H2,1H3,(H,25,26)/b24-10-. The Morgan fingerprint density at radius 1 is 1.21 bits per heavy atom. The average molecular weight is 514 g/mol. The molecule has 1 N–H and O–H groups in total. The van der Waals surface area contributed by atoms with Gasteiger partial charge in [0.1, 0.15) is 6.61 Å². The summed E-state index contributed by atoms with van der Waals surface area (Å²) in [4.78, 5) is 12.5. The number of thiophene rings is 1. The number of ether oxygens (including phenoxy) is 2. The van der Waals surface area contributed by atoms with Crippen molar-refractivity contribution in [3.63, 3.8) is 0 Å². The first-order chi connectivity index (χ1) is 14.0. The van der Waals surface area contributed by atoms with Gasteiger partial charge in [-0.05, 0) is 57.2 Å². The van der Waals surface area contributed by atoms with Crippen LogP contribution in [0.3, 0.4) is 0 Å². The number of methoxy groups -OCH3 is 1. The van der Waals surface area contributed by atoms with Gasteiger partial charge < -0.3 is 9.47 Å². The molecule has 3 aromatic rings. The van der Waals surface area contributed by atoms with E-state index in [1.807, 2.05) is 17.5 Å². The third-order valence-corrected chi connectivity index (χ3v) is 6.07. The molecule has 5 nitrogen and oxygen atoms in total. The molecule has 0 aliphatic carbocycles. The Morgan fingerprint density at radius 2 is 2.03 bits per heavy atom. The van der Waals surface area contributed by atoms with Crippen molar-refractivity contribution >= 4 is 62.6 Å². The summed E-state index contributed by atoms with van der Waals surface area (Å²) < 4.78 is 12.0. The highest BCUT2D eigenvalue weighted by atomic mass is 79.9. The second-order valence-corrected chi connectivity index (χ2v) is 8.35. The van der Waals surface area contributed by atoms with Crippen molar-refractivity contribution in [3.05, 3.63) is 78.4 Å². The largest absolute Gasteiger partial charge is 0.493 e. The molecule has 0 saturated carbocycles. The van der Waals surface area contributed by atoms with E-state index in [0.717, 1.165) is 15.6 Å². The first-order valence-electron chi connectivity index (χ1n) is 8.29. The highest BCUT2D eigenvalue weighted by Crippen LogP contribution is 2.34. The van der Waals surface area contributed by atoms with Gasteiger partial charge in [0.15, 0.2) is 11.5 Å². The Kier molecular flexibility index (Phi) is 7.55. The Labute approximate surface area is 190 Å². The van der Waals surface area contributed by atoms with Gasteiger partial charge in [-0.2, -0.15) is 5.10 Å². The zero-order valence-electron chi connectivity index (χ0n) is 15.1. The predicted molar refractivity (Wildman–Crippen MR) is 121 cm³/mol. The smallest absolute Gasteiger partial charge is 0.281 e. The van der Waals surface area contributed by atoms with Crippen LogP contribution < -0.4 is 14.9 Å². The number of nitrogens with one attached hydrogen (secondary N) is 1. The van der Waals surface area contributed by atoms with Crippen molar-refractivity contribution in [2.24, 2.45) is 5.10 Å². The van der Waals surface area contributed by atoms with Crippen molar-refractivity contribution in [3.8, 4) is 11.5 Å². The van der Waals surface area contributed by atoms with Crippen LogP contribution in [0, 0.1) is 0 Å². The number of amides is 1. The maximum atomic E-state index is 11.9. The molecule has 0 atom stereocenters. The number of rotatable bonds is 7. The highest BCUT2D eigenvalue weighted by Gasteiger charge is 2.11. The lowest BCUT2D eigenvalue weighted by Gasteiger charge is -2.13. The van der Waals surface area contributed by atoms with Crippen LogP contribution in [-0.2, 0) is 6.61 Å². The van der Waals surface area contributed by atoms with Crippen LogP contribution in [0.1, 0.15) is 20.8 Å². The Balaban J connectivity index is 1.70. The van der Waals surface area contributed by atoms with Gasteiger partial charge in [0.05, 0.1) is 28.2 Å². The first kappa shape index (κ1) is 21.6. The average Bonchev–Trinajstić information content (AvgIpc) is 3.25. The van der Waals surface area contributed by atoms with Gasteiger partial charge in [-0.15, -0.1) is 11.3 Å². The lowest BCUT2D eigenvalue weighted by atomic mass is 10.2. The SMILES string of the molecule is COc1cc(/C=N\NC(=O)c2cccs2)c(Br)cc1OCc1ccc(Cl)c(Cl)c1. The minimum absolute atomic E-state index is 0.263. The van der Waals surface area contributed by atoms with Gasteiger partial charge in [0.25, 0.3) is 5.91 Å². The minimum atomic E-state index is -0.263. The summed E-state index contributed by atoms with van der Waals surface area (Å²) in [5.74, 6) is 0.811. The molecule has 9 heteroatoms. The van der Waals surface area contributed by atoms with E-state index in [2.05, 4.69) is 26.5 Å². The van der Waals surface area contributed by atoms with Gasteiger partial charge in [0.2, 0.25) is 0 Å². The Morgan fingerprint density at radius 3 is 2.72 bits per heavy atom. The van der Waals surface area contributed by atoms with E-state index < -0.39 is 0 Å². The molecule has 0 aliphatic rings. The van der Waals surface area contributed by atoms with Gasteiger partial charge in [-0.3, -0.25) is 4.79 Å². The fourth-order valence-corrected chi connectivity index (χ4v) is 3.69. The topological polar surface area (TPSA) is 59.9 Å². The molecule has 0 saturated heterocycles. The van der Waals surface area contributed by atoms with Gasteiger partial charge in [0, 0.05) is 10.0 Å². The monoisotopic (exact) mass is 512 g/mol. The molecular formula is C20H15BrCl2N2O3S. The number of halogens is 3. The fraction of sp³-hybridized carbons (Fsp3) is 0.100. The summed E-state index contributed by atoms with van der Waals surface area (Å²) in [6.07, 6.45) is 1.53. The van der Waals surface area contributed by atoms with Crippen LogP contribution in [0.25, 0.3) is 0 Å². The number of carbonyl (C=O) groups excluding carboxylic acids is 1. The fourth-order valence-electron chi connectivity index (χ4n) is 2.34. The molecule has 0 bridgehead atoms. The molecule has 1 heterocycles. The van der Waals surface area contributed by atoms with Crippen molar-refractivity contribution in [2.75, 3.05) is 7.11 Å². The van der Waals surface area contributed by atoms with E-state index in [1.165, 1.54) is 17.6 Å². The summed E-state index contributed by atoms with van der Waals surface area (Å²) in [6, 6.07) is 12.4. The maximum absolute atomic E-state index is 11.9. The van der Waals surface area contributed by atoms with E-state index in [-0.39, 0.29) is 5.91 Å². The first-order valence-corrected chi connectivity index (χ1v) is 10.7. The lowest BCUT2D eigenvalue weighted by Crippen LogP contribution is -2.16. The zero-order chi connectivity index (χ0) is 20.8. The molecule has 1 aromatic heterocycles. The molecule has 0 spiro atoms. The third-order valence-electron chi connectivity index (χ3n) is 3.78. The molecule has 0 aliphatic heterocycles. The van der Waals surface area contributed by atoms with E-state index in [4.69, 9.17) is 32.7 Å². The van der Waals surface area contributed by atoms with Crippen molar-refractivity contribution < 1.29 is 14.3 Å². The molecule has 0 radical (unpaired) electrons.